The Morgan fingerprint density at radius 3 is 2.68 bits per heavy atom. The van der Waals surface area contributed by atoms with E-state index in [9.17, 15) is 14.0 Å². The predicted molar refractivity (Wildman–Crippen MR) is 67.5 cm³/mol. The molecule has 1 amide bonds. The molecule has 19 heavy (non-hydrogen) atoms. The lowest BCUT2D eigenvalue weighted by Gasteiger charge is -2.23. The summed E-state index contributed by atoms with van der Waals surface area (Å²) in [5.74, 6) is -2.20. The number of nitrogens with zero attached hydrogens (tertiary/aromatic N) is 1. The van der Waals surface area contributed by atoms with Crippen LogP contribution in [0.15, 0.2) is 18.2 Å². The molecule has 0 aliphatic carbocycles. The van der Waals surface area contributed by atoms with E-state index in [-0.39, 0.29) is 5.56 Å². The number of carbonyl (C=O) groups excluding carboxylic acids is 1. The van der Waals surface area contributed by atoms with Gasteiger partial charge in [0.15, 0.2) is 0 Å². The third kappa shape index (κ3) is 2.38. The fourth-order valence-electron chi connectivity index (χ4n) is 2.32. The maximum Gasteiger partial charge on any atom is 0.337 e. The number of aromatic carboxylic acids is 1. The summed E-state index contributed by atoms with van der Waals surface area (Å²) >= 11 is 0. The number of nitrogens with two attached hydrogens (primary N) is 1. The number of rotatable bonds is 3. The maximum absolute atomic E-state index is 13.1. The molecular weight excluding hydrogens is 251 g/mol. The van der Waals surface area contributed by atoms with Crippen LogP contribution in [0.3, 0.4) is 0 Å². The van der Waals surface area contributed by atoms with Gasteiger partial charge in [-0.3, -0.25) is 4.79 Å². The molecule has 1 fully saturated rings. The van der Waals surface area contributed by atoms with Gasteiger partial charge in [-0.05, 0) is 31.5 Å². The number of benzene rings is 1. The van der Waals surface area contributed by atoms with Crippen molar-refractivity contribution in [1.29, 1.82) is 0 Å². The van der Waals surface area contributed by atoms with Gasteiger partial charge in [0.1, 0.15) is 5.82 Å². The van der Waals surface area contributed by atoms with E-state index in [2.05, 4.69) is 0 Å². The van der Waals surface area contributed by atoms with Gasteiger partial charge >= 0.3 is 5.97 Å². The first kappa shape index (κ1) is 13.3. The monoisotopic (exact) mass is 266 g/mol. The second-order valence-electron chi connectivity index (χ2n) is 5.06. The zero-order valence-corrected chi connectivity index (χ0v) is 10.5. The van der Waals surface area contributed by atoms with Crippen molar-refractivity contribution in [2.45, 2.75) is 13.3 Å². The van der Waals surface area contributed by atoms with Crippen LogP contribution in [0.2, 0.25) is 0 Å². The average Bonchev–Trinajstić information content (AvgIpc) is 2.73. The molecule has 102 valence electrons. The van der Waals surface area contributed by atoms with Crippen molar-refractivity contribution in [3.05, 3.63) is 29.6 Å². The fourth-order valence-corrected chi connectivity index (χ4v) is 2.32. The van der Waals surface area contributed by atoms with Crippen molar-refractivity contribution < 1.29 is 19.1 Å². The van der Waals surface area contributed by atoms with Crippen LogP contribution in [0.25, 0.3) is 0 Å². The summed E-state index contributed by atoms with van der Waals surface area (Å²) in [6.07, 6.45) is 0.554. The van der Waals surface area contributed by atoms with E-state index in [1.165, 1.54) is 12.1 Å². The molecule has 1 aromatic rings. The maximum atomic E-state index is 13.1. The van der Waals surface area contributed by atoms with Gasteiger partial charge in [-0.2, -0.15) is 0 Å². The molecule has 3 N–H and O–H groups in total. The Balaban J connectivity index is 2.34. The lowest BCUT2D eigenvalue weighted by atomic mass is 9.89. The second kappa shape index (κ2) is 4.53. The second-order valence-corrected chi connectivity index (χ2v) is 5.06. The van der Waals surface area contributed by atoms with E-state index >= 15 is 0 Å². The molecule has 0 spiro atoms. The lowest BCUT2D eigenvalue weighted by Crippen LogP contribution is -2.37. The van der Waals surface area contributed by atoms with Gasteiger partial charge in [-0.25, -0.2) is 9.18 Å². The first-order valence-electron chi connectivity index (χ1n) is 5.91. The number of halogens is 1. The summed E-state index contributed by atoms with van der Waals surface area (Å²) in [4.78, 5) is 24.3. The summed E-state index contributed by atoms with van der Waals surface area (Å²) in [7, 11) is 0. The molecule has 2 rings (SSSR count). The van der Waals surface area contributed by atoms with E-state index in [0.717, 1.165) is 6.07 Å². The number of hydrogen-bond donors (Lipinski definition) is 2. The van der Waals surface area contributed by atoms with Crippen LogP contribution in [-0.2, 0) is 4.79 Å². The van der Waals surface area contributed by atoms with Crippen molar-refractivity contribution in [2.24, 2.45) is 11.1 Å². The molecule has 1 heterocycles. The first-order valence-corrected chi connectivity index (χ1v) is 5.91. The average molecular weight is 266 g/mol. The van der Waals surface area contributed by atoms with Crippen LogP contribution in [0.4, 0.5) is 10.1 Å². The van der Waals surface area contributed by atoms with Crippen molar-refractivity contribution >= 4 is 17.6 Å². The third-order valence-electron chi connectivity index (χ3n) is 3.60. The smallest absolute Gasteiger partial charge is 0.337 e. The third-order valence-corrected chi connectivity index (χ3v) is 3.60. The highest BCUT2D eigenvalue weighted by molar-refractivity contribution is 5.95. The van der Waals surface area contributed by atoms with Gasteiger partial charge in [0.25, 0.3) is 0 Å². The Hall–Kier alpha value is -2.11. The van der Waals surface area contributed by atoms with Gasteiger partial charge in [-0.15, -0.1) is 0 Å². The highest BCUT2D eigenvalue weighted by Gasteiger charge is 2.39. The number of carboxylic acids is 1. The van der Waals surface area contributed by atoms with Gasteiger partial charge in [0, 0.05) is 13.1 Å². The minimum Gasteiger partial charge on any atom is -0.478 e. The Labute approximate surface area is 109 Å². The normalized spacial score (nSPS) is 22.5. The Kier molecular flexibility index (Phi) is 3.18. The molecule has 1 aromatic carbocycles. The van der Waals surface area contributed by atoms with Crippen LogP contribution in [0, 0.1) is 11.2 Å². The minimum absolute atomic E-state index is 0.103. The molecule has 1 aliphatic heterocycles. The predicted octanol–water partition coefficient (Wildman–Crippen LogP) is 1.23. The quantitative estimate of drug-likeness (QED) is 0.861. The molecule has 0 bridgehead atoms. The minimum atomic E-state index is -1.19. The molecular formula is C13H15FN2O3. The summed E-state index contributed by atoms with van der Waals surface area (Å²) in [6, 6.07) is 3.62. The van der Waals surface area contributed by atoms with E-state index in [1.54, 1.807) is 11.8 Å². The van der Waals surface area contributed by atoms with Gasteiger partial charge in [0.05, 0.1) is 16.7 Å². The molecule has 1 aliphatic rings. The van der Waals surface area contributed by atoms with Crippen LogP contribution in [0.1, 0.15) is 23.7 Å². The number of carbonyl (C=O) groups is 2. The molecule has 0 saturated carbocycles. The summed E-state index contributed by atoms with van der Waals surface area (Å²) in [5, 5.41) is 9.10. The molecule has 1 saturated heterocycles. The van der Waals surface area contributed by atoms with Crippen LogP contribution < -0.4 is 10.6 Å². The van der Waals surface area contributed by atoms with Crippen LogP contribution in [0.5, 0.6) is 0 Å². The van der Waals surface area contributed by atoms with Crippen molar-refractivity contribution in [2.75, 3.05) is 18.0 Å². The first-order chi connectivity index (χ1) is 8.83. The number of amides is 1. The fraction of sp³-hybridized carbons (Fsp3) is 0.385. The van der Waals surface area contributed by atoms with E-state index < -0.39 is 23.1 Å². The Morgan fingerprint density at radius 1 is 1.47 bits per heavy atom. The Morgan fingerprint density at radius 2 is 2.16 bits per heavy atom. The lowest BCUT2D eigenvalue weighted by molar-refractivity contribution is -0.125. The van der Waals surface area contributed by atoms with E-state index in [0.29, 0.717) is 25.2 Å². The molecule has 0 radical (unpaired) electrons. The van der Waals surface area contributed by atoms with Gasteiger partial charge in [-0.1, -0.05) is 0 Å². The van der Waals surface area contributed by atoms with E-state index in [1.807, 2.05) is 0 Å². The summed E-state index contributed by atoms with van der Waals surface area (Å²) < 4.78 is 13.1. The van der Waals surface area contributed by atoms with Crippen LogP contribution in [-0.4, -0.2) is 30.1 Å². The molecule has 5 nitrogen and oxygen atoms in total. The van der Waals surface area contributed by atoms with E-state index in [4.69, 9.17) is 10.8 Å². The SMILES string of the molecule is CC1(C(N)=O)CCN(c2ccc(F)cc2C(=O)O)C1. The number of hydrogen-bond acceptors (Lipinski definition) is 3. The molecule has 1 unspecified atom stereocenters. The van der Waals surface area contributed by atoms with Crippen molar-refractivity contribution in [1.82, 2.24) is 0 Å². The number of anilines is 1. The standard InChI is InChI=1S/C13H15FN2O3/c1-13(12(15)19)4-5-16(7-13)10-3-2-8(14)6-9(10)11(17)18/h2-3,6H,4-5,7H2,1H3,(H2,15,19)(H,17,18). The zero-order valence-electron chi connectivity index (χ0n) is 10.5. The molecule has 6 heteroatoms. The van der Waals surface area contributed by atoms with Gasteiger partial charge < -0.3 is 15.7 Å². The van der Waals surface area contributed by atoms with Crippen LogP contribution >= 0.6 is 0 Å². The molecule has 0 aromatic heterocycles. The highest BCUT2D eigenvalue weighted by atomic mass is 19.1. The summed E-state index contributed by atoms with van der Waals surface area (Å²) in [5.41, 5.74) is 4.99. The topological polar surface area (TPSA) is 83.6 Å². The van der Waals surface area contributed by atoms with Gasteiger partial charge in [0.2, 0.25) is 5.91 Å². The summed E-state index contributed by atoms with van der Waals surface area (Å²) in [6.45, 7) is 2.61. The number of carboxylic acid groups (broad SMARTS) is 1. The Bertz CT molecular complexity index is 547. The van der Waals surface area contributed by atoms with Crippen molar-refractivity contribution in [3.63, 3.8) is 0 Å². The largest absolute Gasteiger partial charge is 0.478 e. The van der Waals surface area contributed by atoms with Crippen molar-refractivity contribution in [3.8, 4) is 0 Å². The highest BCUT2D eigenvalue weighted by Crippen LogP contribution is 2.34. The number of primary amides is 1. The zero-order chi connectivity index (χ0) is 14.2. The molecule has 1 atom stereocenters.